The predicted octanol–water partition coefficient (Wildman–Crippen LogP) is 2.94. The van der Waals surface area contributed by atoms with Crippen molar-refractivity contribution in [1.29, 1.82) is 0 Å². The van der Waals surface area contributed by atoms with E-state index < -0.39 is 41.6 Å². The molecule has 2 aromatic rings. The molecule has 0 aromatic carbocycles. The van der Waals surface area contributed by atoms with Gasteiger partial charge in [-0.3, -0.25) is 0 Å². The average Bonchev–Trinajstić information content (AvgIpc) is 3.02. The molecule has 0 unspecified atom stereocenters. The monoisotopic (exact) mass is 422 g/mol. The first-order valence-electron chi connectivity index (χ1n) is 8.39. The topological polar surface area (TPSA) is 97.0 Å². The van der Waals surface area contributed by atoms with E-state index in [1.807, 2.05) is 0 Å². The first kappa shape index (κ1) is 20.4. The summed E-state index contributed by atoms with van der Waals surface area (Å²) in [4.78, 5) is 10.2. The van der Waals surface area contributed by atoms with Crippen molar-refractivity contribution in [2.75, 3.05) is 11.8 Å². The van der Waals surface area contributed by atoms with Gasteiger partial charge in [0, 0.05) is 36.5 Å². The summed E-state index contributed by atoms with van der Waals surface area (Å²) in [5.41, 5.74) is 0.795. The lowest BCUT2D eigenvalue weighted by Gasteiger charge is -2.22. The molecule has 7 nitrogen and oxygen atoms in total. The molecule has 12 heteroatoms. The van der Waals surface area contributed by atoms with Crippen molar-refractivity contribution in [3.05, 3.63) is 29.2 Å². The highest BCUT2D eigenvalue weighted by Crippen LogP contribution is 2.35. The molecule has 2 aromatic heterocycles. The maximum atomic E-state index is 13.5. The van der Waals surface area contributed by atoms with Crippen LogP contribution in [0.2, 0.25) is 0 Å². The number of fused-ring (bicyclic) bond motifs is 1. The lowest BCUT2D eigenvalue weighted by molar-refractivity contribution is -0.0133. The molecule has 28 heavy (non-hydrogen) atoms. The van der Waals surface area contributed by atoms with Crippen molar-refractivity contribution >= 4 is 16.0 Å². The summed E-state index contributed by atoms with van der Waals surface area (Å²) in [5.74, 6) is -3.21. The van der Waals surface area contributed by atoms with Crippen LogP contribution in [0.3, 0.4) is 0 Å². The number of H-pyrrole nitrogens is 1. The summed E-state index contributed by atoms with van der Waals surface area (Å²) in [6.45, 7) is 0. The molecule has 2 heterocycles. The molecule has 1 aliphatic carbocycles. The Labute approximate surface area is 158 Å². The average molecular weight is 422 g/mol. The summed E-state index contributed by atoms with van der Waals surface area (Å²) in [5, 5.41) is 0. The molecule has 0 saturated carbocycles. The molecule has 0 bridgehead atoms. The van der Waals surface area contributed by atoms with Gasteiger partial charge in [0.15, 0.2) is 0 Å². The fourth-order valence-electron chi connectivity index (χ4n) is 3.03. The normalized spacial score (nSPS) is 16.1. The van der Waals surface area contributed by atoms with E-state index in [0.29, 0.717) is 11.1 Å². The number of aryl methyl sites for hydroxylation is 1. The number of hydrogen-bond donors (Lipinski definition) is 2. The van der Waals surface area contributed by atoms with Crippen LogP contribution in [-0.4, -0.2) is 42.8 Å². The van der Waals surface area contributed by atoms with E-state index in [2.05, 4.69) is 19.7 Å². The van der Waals surface area contributed by atoms with Crippen LogP contribution < -0.4 is 9.46 Å². The maximum Gasteiger partial charge on any atom is 0.266 e. The van der Waals surface area contributed by atoms with Gasteiger partial charge in [-0.1, -0.05) is 0 Å². The smallest absolute Gasteiger partial charge is 0.266 e. The van der Waals surface area contributed by atoms with E-state index in [0.717, 1.165) is 6.20 Å². The summed E-state index contributed by atoms with van der Waals surface area (Å²) in [6.07, 6.45) is -1.67. The first-order chi connectivity index (χ1) is 13.1. The summed E-state index contributed by atoms with van der Waals surface area (Å²) in [6, 6.07) is 0. The molecule has 0 aliphatic heterocycles. The molecule has 3 rings (SSSR count). The molecule has 0 fully saturated rings. The quantitative estimate of drug-likeness (QED) is 0.669. The first-order valence-corrected chi connectivity index (χ1v) is 9.87. The largest absolute Gasteiger partial charge is 0.481 e. The molecule has 154 valence electrons. The second-order valence-corrected chi connectivity index (χ2v) is 8.06. The van der Waals surface area contributed by atoms with E-state index in [-0.39, 0.29) is 35.3 Å². The Morgan fingerprint density at radius 2 is 2.14 bits per heavy atom. The van der Waals surface area contributed by atoms with Crippen LogP contribution in [0.25, 0.3) is 0 Å². The lowest BCUT2D eigenvalue weighted by atomic mass is 9.95. The Kier molecular flexibility index (Phi) is 5.50. The molecule has 0 amide bonds. The van der Waals surface area contributed by atoms with Crippen LogP contribution in [-0.2, 0) is 29.3 Å². The van der Waals surface area contributed by atoms with Crippen molar-refractivity contribution in [3.63, 3.8) is 0 Å². The second-order valence-electron chi connectivity index (χ2n) is 6.41. The number of anilines is 1. The van der Waals surface area contributed by atoms with Crippen molar-refractivity contribution in [3.8, 4) is 5.88 Å². The number of ether oxygens (including phenoxy) is 1. The van der Waals surface area contributed by atoms with E-state index in [9.17, 15) is 26.0 Å². The Morgan fingerprint density at radius 1 is 1.39 bits per heavy atom. The molecular weight excluding hydrogens is 404 g/mol. The van der Waals surface area contributed by atoms with E-state index in [4.69, 9.17) is 4.74 Å². The number of aromatic amines is 1. The zero-order chi connectivity index (χ0) is 20.5. The van der Waals surface area contributed by atoms with Crippen LogP contribution in [0.1, 0.15) is 29.7 Å². The summed E-state index contributed by atoms with van der Waals surface area (Å²) in [7, 11) is -2.87. The standard InChI is InChI=1S/C16H18F4N4O3S/c1-27-14-9(2-3-13(17)18)7-22-15(23-14)24-28(25,26)12-8-21-11-6-16(19,20)5-4-10(11)12/h7-8,13,21H,2-6H2,1H3,(H,22,23,24). The second kappa shape index (κ2) is 7.57. The number of rotatable bonds is 7. The Balaban J connectivity index is 1.83. The van der Waals surface area contributed by atoms with Gasteiger partial charge in [0.05, 0.1) is 13.5 Å². The number of aromatic nitrogens is 3. The van der Waals surface area contributed by atoms with Gasteiger partial charge in [-0.2, -0.15) is 4.98 Å². The van der Waals surface area contributed by atoms with Gasteiger partial charge in [-0.25, -0.2) is 35.7 Å². The van der Waals surface area contributed by atoms with Crippen molar-refractivity contribution in [2.24, 2.45) is 0 Å². The maximum absolute atomic E-state index is 13.5. The molecule has 0 spiro atoms. The van der Waals surface area contributed by atoms with Crippen LogP contribution in [0.5, 0.6) is 5.88 Å². The van der Waals surface area contributed by atoms with Gasteiger partial charge < -0.3 is 9.72 Å². The van der Waals surface area contributed by atoms with Crippen LogP contribution >= 0.6 is 0 Å². The number of hydrogen-bond acceptors (Lipinski definition) is 5. The third-order valence-electron chi connectivity index (χ3n) is 4.38. The van der Waals surface area contributed by atoms with Crippen molar-refractivity contribution in [1.82, 2.24) is 15.0 Å². The van der Waals surface area contributed by atoms with Gasteiger partial charge in [0.25, 0.3) is 15.9 Å². The van der Waals surface area contributed by atoms with Crippen molar-refractivity contribution in [2.45, 2.75) is 49.3 Å². The minimum absolute atomic E-state index is 0.0240. The Hall–Kier alpha value is -2.37. The highest BCUT2D eigenvalue weighted by atomic mass is 32.2. The minimum atomic E-state index is -4.14. The van der Waals surface area contributed by atoms with Crippen molar-refractivity contribution < 1.29 is 30.7 Å². The molecule has 1 aliphatic rings. The third-order valence-corrected chi connectivity index (χ3v) is 5.78. The van der Waals surface area contributed by atoms with Gasteiger partial charge in [-0.05, 0) is 18.4 Å². The minimum Gasteiger partial charge on any atom is -0.481 e. The number of alkyl halides is 4. The number of halogens is 4. The van der Waals surface area contributed by atoms with Crippen LogP contribution in [0, 0.1) is 0 Å². The Bertz CT molecular complexity index is 963. The van der Waals surface area contributed by atoms with E-state index >= 15 is 0 Å². The fraction of sp³-hybridized carbons (Fsp3) is 0.500. The van der Waals surface area contributed by atoms with Crippen LogP contribution in [0.4, 0.5) is 23.5 Å². The summed E-state index contributed by atoms with van der Waals surface area (Å²) < 4.78 is 84.3. The number of nitrogens with one attached hydrogen (secondary N) is 2. The van der Waals surface area contributed by atoms with E-state index in [1.165, 1.54) is 13.3 Å². The highest BCUT2D eigenvalue weighted by Gasteiger charge is 2.38. The summed E-state index contributed by atoms with van der Waals surface area (Å²) >= 11 is 0. The molecular formula is C16H18F4N4O3S. The SMILES string of the molecule is COc1nc(NS(=O)(=O)c2c[nH]c3c2CCC(F)(F)C3)ncc1CCC(F)F. The van der Waals surface area contributed by atoms with Gasteiger partial charge in [0.1, 0.15) is 4.90 Å². The van der Waals surface area contributed by atoms with E-state index in [1.54, 1.807) is 0 Å². The van der Waals surface area contributed by atoms with Crippen LogP contribution in [0.15, 0.2) is 17.3 Å². The zero-order valence-electron chi connectivity index (χ0n) is 14.8. The lowest BCUT2D eigenvalue weighted by Crippen LogP contribution is -2.26. The van der Waals surface area contributed by atoms with Gasteiger partial charge in [0.2, 0.25) is 18.3 Å². The highest BCUT2D eigenvalue weighted by molar-refractivity contribution is 7.92. The third kappa shape index (κ3) is 4.37. The number of sulfonamides is 1. The molecule has 0 atom stereocenters. The molecule has 2 N–H and O–H groups in total. The number of nitrogens with zero attached hydrogens (tertiary/aromatic N) is 2. The molecule has 0 radical (unpaired) electrons. The number of methoxy groups -OCH3 is 1. The fourth-order valence-corrected chi connectivity index (χ4v) is 4.24. The van der Waals surface area contributed by atoms with Gasteiger partial charge >= 0.3 is 0 Å². The Morgan fingerprint density at radius 3 is 2.82 bits per heavy atom. The molecule has 0 saturated heterocycles. The van der Waals surface area contributed by atoms with Gasteiger partial charge in [-0.15, -0.1) is 0 Å². The zero-order valence-corrected chi connectivity index (χ0v) is 15.6. The predicted molar refractivity (Wildman–Crippen MR) is 91.5 cm³/mol.